The topological polar surface area (TPSA) is 71.7 Å². The van der Waals surface area contributed by atoms with Crippen LogP contribution in [0.5, 0.6) is 0 Å². The zero-order valence-electron chi connectivity index (χ0n) is 17.5. The van der Waals surface area contributed by atoms with Gasteiger partial charge in [0.1, 0.15) is 5.82 Å². The van der Waals surface area contributed by atoms with Gasteiger partial charge in [-0.15, -0.1) is 0 Å². The number of halogens is 1. The Bertz CT molecular complexity index is 1160. The number of rotatable bonds is 4. The molecule has 1 aliphatic heterocycles. The zero-order chi connectivity index (χ0) is 22.1. The van der Waals surface area contributed by atoms with Crippen molar-refractivity contribution in [2.45, 2.75) is 51.1 Å². The van der Waals surface area contributed by atoms with Crippen LogP contribution in [0.1, 0.15) is 43.9 Å². The summed E-state index contributed by atoms with van der Waals surface area (Å²) in [5, 5.41) is 21.3. The van der Waals surface area contributed by atoms with Crippen molar-refractivity contribution in [2.75, 3.05) is 0 Å². The first-order valence-corrected chi connectivity index (χ1v) is 10.5. The normalized spacial score (nSPS) is 21.9. The van der Waals surface area contributed by atoms with Crippen LogP contribution in [0.2, 0.25) is 0 Å². The fraction of sp³-hybridized carbons (Fsp3) is 0.320. The molecule has 1 fully saturated rings. The summed E-state index contributed by atoms with van der Waals surface area (Å²) < 4.78 is 20.7. The van der Waals surface area contributed by atoms with E-state index in [1.165, 1.54) is 12.1 Å². The van der Waals surface area contributed by atoms with Gasteiger partial charge in [0.25, 0.3) is 5.56 Å². The quantitative estimate of drug-likeness (QED) is 0.662. The van der Waals surface area contributed by atoms with Crippen LogP contribution in [0.15, 0.2) is 59.4 Å². The lowest BCUT2D eigenvalue weighted by molar-refractivity contribution is -0.175. The Morgan fingerprint density at radius 3 is 2.39 bits per heavy atom. The van der Waals surface area contributed by atoms with Crippen LogP contribution in [-0.4, -0.2) is 33.3 Å². The molecule has 0 unspecified atom stereocenters. The van der Waals surface area contributed by atoms with E-state index in [0.29, 0.717) is 23.2 Å². The Hall–Kier alpha value is -2.80. The van der Waals surface area contributed by atoms with E-state index in [4.69, 9.17) is 4.74 Å². The molecule has 0 amide bonds. The van der Waals surface area contributed by atoms with E-state index in [1.54, 1.807) is 28.8 Å². The molecule has 0 bridgehead atoms. The van der Waals surface area contributed by atoms with E-state index in [1.807, 2.05) is 24.3 Å². The Morgan fingerprint density at radius 2 is 1.74 bits per heavy atom. The molecule has 4 rings (SSSR count). The Labute approximate surface area is 180 Å². The van der Waals surface area contributed by atoms with Gasteiger partial charge in [-0.05, 0) is 53.3 Å². The van der Waals surface area contributed by atoms with E-state index < -0.39 is 18.5 Å². The summed E-state index contributed by atoms with van der Waals surface area (Å²) in [4.78, 5) is 13.5. The Kier molecular flexibility index (Phi) is 6.05. The lowest BCUT2D eigenvalue weighted by atomic mass is 9.93. The van der Waals surface area contributed by atoms with Crippen molar-refractivity contribution in [2.24, 2.45) is 0 Å². The molecule has 0 radical (unpaired) electrons. The van der Waals surface area contributed by atoms with E-state index in [-0.39, 0.29) is 23.7 Å². The molecular weight excluding hydrogens is 397 g/mol. The minimum absolute atomic E-state index is 0.0975. The van der Waals surface area contributed by atoms with Gasteiger partial charge < -0.3 is 14.9 Å². The van der Waals surface area contributed by atoms with Gasteiger partial charge >= 0.3 is 0 Å². The second-order valence-corrected chi connectivity index (χ2v) is 8.23. The molecule has 1 saturated heterocycles. The summed E-state index contributed by atoms with van der Waals surface area (Å²) in [7, 11) is 0. The maximum Gasteiger partial charge on any atom is 0.263 e. The molecule has 2 N–H and O–H groups in total. The third kappa shape index (κ3) is 4.32. The largest absolute Gasteiger partial charge is 0.393 e. The van der Waals surface area contributed by atoms with Gasteiger partial charge in [0, 0.05) is 23.9 Å². The number of benzene rings is 2. The highest BCUT2D eigenvalue weighted by atomic mass is 19.1. The SMILES string of the molecule is CC(C)c1c(C=C[C@@H]2C[C@@H](O)C[C@@H](O)O2)n(-c2ccc(F)cc2)c(=O)c2ccccc12. The number of ether oxygens (including phenoxy) is 1. The lowest BCUT2D eigenvalue weighted by Crippen LogP contribution is -2.34. The first kappa shape index (κ1) is 21.4. The fourth-order valence-corrected chi connectivity index (χ4v) is 4.24. The molecule has 2 aromatic carbocycles. The molecule has 0 saturated carbocycles. The summed E-state index contributed by atoms with van der Waals surface area (Å²) in [6, 6.07) is 13.3. The molecule has 1 aliphatic rings. The first-order chi connectivity index (χ1) is 14.8. The van der Waals surface area contributed by atoms with Crippen LogP contribution in [0.3, 0.4) is 0 Å². The number of fused-ring (bicyclic) bond motifs is 1. The molecule has 6 heteroatoms. The number of aromatic nitrogens is 1. The van der Waals surface area contributed by atoms with Gasteiger partial charge in [0.2, 0.25) is 0 Å². The molecule has 1 aromatic heterocycles. The van der Waals surface area contributed by atoms with Gasteiger partial charge in [0.15, 0.2) is 6.29 Å². The second-order valence-electron chi connectivity index (χ2n) is 8.23. The number of pyridine rings is 1. The highest BCUT2D eigenvalue weighted by molar-refractivity contribution is 5.88. The van der Waals surface area contributed by atoms with Gasteiger partial charge in [0.05, 0.1) is 17.9 Å². The summed E-state index contributed by atoms with van der Waals surface area (Å²) in [5.74, 6) is -0.280. The number of hydrogen-bond donors (Lipinski definition) is 2. The Morgan fingerprint density at radius 1 is 1.06 bits per heavy atom. The van der Waals surface area contributed by atoms with Gasteiger partial charge in [-0.1, -0.05) is 38.1 Å². The van der Waals surface area contributed by atoms with E-state index in [9.17, 15) is 19.4 Å². The minimum Gasteiger partial charge on any atom is -0.393 e. The highest BCUT2D eigenvalue weighted by Crippen LogP contribution is 2.30. The molecule has 0 spiro atoms. The molecule has 2 heterocycles. The van der Waals surface area contributed by atoms with Gasteiger partial charge in [-0.3, -0.25) is 9.36 Å². The van der Waals surface area contributed by atoms with Crippen molar-refractivity contribution < 1.29 is 19.3 Å². The number of aliphatic hydroxyl groups excluding tert-OH is 2. The van der Waals surface area contributed by atoms with Crippen molar-refractivity contribution in [3.63, 3.8) is 0 Å². The molecule has 5 nitrogen and oxygen atoms in total. The van der Waals surface area contributed by atoms with Crippen LogP contribution in [-0.2, 0) is 4.74 Å². The number of aliphatic hydroxyl groups is 2. The van der Waals surface area contributed by atoms with Crippen molar-refractivity contribution in [1.29, 1.82) is 0 Å². The predicted octanol–water partition coefficient (Wildman–Crippen LogP) is 4.12. The zero-order valence-corrected chi connectivity index (χ0v) is 17.5. The fourth-order valence-electron chi connectivity index (χ4n) is 4.24. The maximum atomic E-state index is 13.6. The third-order valence-corrected chi connectivity index (χ3v) is 5.61. The average Bonchev–Trinajstić information content (AvgIpc) is 2.72. The van der Waals surface area contributed by atoms with E-state index in [2.05, 4.69) is 13.8 Å². The van der Waals surface area contributed by atoms with Crippen LogP contribution in [0, 0.1) is 5.82 Å². The summed E-state index contributed by atoms with van der Waals surface area (Å²) in [6.07, 6.45) is 1.94. The first-order valence-electron chi connectivity index (χ1n) is 10.5. The summed E-state index contributed by atoms with van der Waals surface area (Å²) in [5.41, 5.74) is 2.01. The minimum atomic E-state index is -1.03. The van der Waals surface area contributed by atoms with Crippen LogP contribution < -0.4 is 5.56 Å². The summed E-state index contributed by atoms with van der Waals surface area (Å²) >= 11 is 0. The predicted molar refractivity (Wildman–Crippen MR) is 119 cm³/mol. The number of nitrogens with zero attached hydrogens (tertiary/aromatic N) is 1. The lowest BCUT2D eigenvalue weighted by Gasteiger charge is -2.28. The molecular formula is C25H26FNO4. The molecule has 3 atom stereocenters. The van der Waals surface area contributed by atoms with Crippen molar-refractivity contribution >= 4 is 16.8 Å². The van der Waals surface area contributed by atoms with Crippen molar-refractivity contribution in [3.05, 3.63) is 82.0 Å². The maximum absolute atomic E-state index is 13.6. The average molecular weight is 423 g/mol. The van der Waals surface area contributed by atoms with Crippen LogP contribution >= 0.6 is 0 Å². The van der Waals surface area contributed by atoms with Crippen molar-refractivity contribution in [3.8, 4) is 5.69 Å². The van der Waals surface area contributed by atoms with E-state index in [0.717, 1.165) is 10.9 Å². The van der Waals surface area contributed by atoms with E-state index >= 15 is 0 Å². The summed E-state index contributed by atoms with van der Waals surface area (Å²) in [6.45, 7) is 4.12. The molecule has 162 valence electrons. The monoisotopic (exact) mass is 423 g/mol. The second kappa shape index (κ2) is 8.75. The molecule has 0 aliphatic carbocycles. The van der Waals surface area contributed by atoms with Crippen molar-refractivity contribution in [1.82, 2.24) is 4.57 Å². The van der Waals surface area contributed by atoms with Crippen LogP contribution in [0.4, 0.5) is 4.39 Å². The van der Waals surface area contributed by atoms with Gasteiger partial charge in [-0.2, -0.15) is 0 Å². The Balaban J connectivity index is 1.95. The third-order valence-electron chi connectivity index (χ3n) is 5.61. The number of hydrogen-bond acceptors (Lipinski definition) is 4. The smallest absolute Gasteiger partial charge is 0.263 e. The highest BCUT2D eigenvalue weighted by Gasteiger charge is 2.26. The molecule has 31 heavy (non-hydrogen) atoms. The van der Waals surface area contributed by atoms with Gasteiger partial charge in [-0.25, -0.2) is 4.39 Å². The van der Waals surface area contributed by atoms with Crippen LogP contribution in [0.25, 0.3) is 22.5 Å². The standard InChI is InChI=1S/C25H26FNO4/c1-15(2)24-20-5-3-4-6-21(20)25(30)27(17-9-7-16(26)8-10-17)22(24)12-11-19-13-18(28)14-23(29)31-19/h3-12,15,18-19,23,28-29H,13-14H2,1-2H3/t18-,19-,23+/m1/s1. The molecule has 3 aromatic rings.